The van der Waals surface area contributed by atoms with Gasteiger partial charge in [0.25, 0.3) is 5.56 Å². The van der Waals surface area contributed by atoms with E-state index in [1.54, 1.807) is 24.3 Å². The Morgan fingerprint density at radius 2 is 2.14 bits per heavy atom. The Labute approximate surface area is 158 Å². The van der Waals surface area contributed by atoms with Crippen LogP contribution in [0.2, 0.25) is 0 Å². The summed E-state index contributed by atoms with van der Waals surface area (Å²) in [5.74, 6) is 0.384. The van der Waals surface area contributed by atoms with Crippen LogP contribution in [-0.4, -0.2) is 28.4 Å². The molecule has 4 atom stereocenters. The molecule has 1 fully saturated rings. The molecule has 1 N–H and O–H groups in total. The molecule has 28 heavy (non-hydrogen) atoms. The van der Waals surface area contributed by atoms with Gasteiger partial charge in [-0.25, -0.2) is 13.8 Å². The van der Waals surface area contributed by atoms with Crippen molar-refractivity contribution in [2.45, 2.75) is 38.5 Å². The van der Waals surface area contributed by atoms with Gasteiger partial charge in [0.15, 0.2) is 0 Å². The molecule has 0 saturated carbocycles. The predicted molar refractivity (Wildman–Crippen MR) is 94.9 cm³/mol. The van der Waals surface area contributed by atoms with E-state index in [2.05, 4.69) is 4.98 Å². The van der Waals surface area contributed by atoms with Gasteiger partial charge in [0.05, 0.1) is 13.2 Å². The highest BCUT2D eigenvalue weighted by molar-refractivity contribution is 7.49. The van der Waals surface area contributed by atoms with Gasteiger partial charge >= 0.3 is 13.5 Å². The first-order chi connectivity index (χ1) is 13.3. The highest BCUT2D eigenvalue weighted by atomic mass is 31.2. The number of nitrogens with zero attached hydrogens (tertiary/aromatic N) is 1. The summed E-state index contributed by atoms with van der Waals surface area (Å²) in [4.78, 5) is 25.6. The van der Waals surface area contributed by atoms with E-state index in [-0.39, 0.29) is 19.6 Å². The summed E-state index contributed by atoms with van der Waals surface area (Å²) in [6.07, 6.45) is -2.25. The summed E-state index contributed by atoms with van der Waals surface area (Å²) in [7, 11) is -3.90. The second kappa shape index (κ2) is 7.29. The van der Waals surface area contributed by atoms with Crippen LogP contribution in [0.25, 0.3) is 0 Å². The quantitative estimate of drug-likeness (QED) is 0.769. The molecule has 4 rings (SSSR count). The molecule has 1 aromatic heterocycles. The number of fused-ring (bicyclic) bond motifs is 1. The SMILES string of the molecule is Cc1cn([C@H]2C[C@@H]([18F])[C@@H](COP3(=O)OCc4ccccc4O3)O2)c(=O)[nH]c1=O. The van der Waals surface area contributed by atoms with E-state index in [0.29, 0.717) is 11.3 Å². The maximum absolute atomic E-state index is 14.4. The summed E-state index contributed by atoms with van der Waals surface area (Å²) in [5.41, 5.74) is -0.185. The number of rotatable bonds is 4. The number of benzene rings is 1. The monoisotopic (exact) mass is 411 g/mol. The smallest absolute Gasteiger partial charge is 0.404 e. The van der Waals surface area contributed by atoms with Gasteiger partial charge in [-0.2, -0.15) is 0 Å². The molecule has 150 valence electrons. The number of aromatic amines is 1. The Kier molecular flexibility index (Phi) is 4.96. The number of phosphoric acid groups is 1. The fourth-order valence-electron chi connectivity index (χ4n) is 3.05. The predicted octanol–water partition coefficient (Wildman–Crippen LogP) is 2.20. The van der Waals surface area contributed by atoms with Crippen LogP contribution in [0.3, 0.4) is 0 Å². The van der Waals surface area contributed by atoms with Crippen LogP contribution in [0.1, 0.15) is 23.8 Å². The van der Waals surface area contributed by atoms with Crippen LogP contribution >= 0.6 is 7.82 Å². The average Bonchev–Trinajstić information content (AvgIpc) is 3.03. The minimum Gasteiger partial charge on any atom is -0.404 e. The third kappa shape index (κ3) is 3.68. The van der Waals surface area contributed by atoms with Crippen LogP contribution in [0, 0.1) is 6.92 Å². The normalized spacial score (nSPS) is 29.3. The largest absolute Gasteiger partial charge is 0.530 e. The standard InChI is InChI=1S/C17H18FN2O7P/c1-10-7-20(17(22)19-16(10)21)15-6-12(18)14(26-15)9-25-28(23)24-8-11-4-2-3-5-13(11)27-28/h2-5,7,12,14-15H,6,8-9H2,1H3,(H,19,21,22)/t12-,14-,15-,28?/m1/s1/i18-1. The van der Waals surface area contributed by atoms with E-state index in [0.717, 1.165) is 10.1 Å². The van der Waals surface area contributed by atoms with Crippen molar-refractivity contribution < 1.29 is 27.3 Å². The van der Waals surface area contributed by atoms with E-state index >= 15 is 0 Å². The summed E-state index contributed by atoms with van der Waals surface area (Å²) >= 11 is 0. The number of aryl methyl sites for hydroxylation is 1. The molecule has 1 aromatic carbocycles. The maximum Gasteiger partial charge on any atom is 0.530 e. The summed E-state index contributed by atoms with van der Waals surface area (Å²) in [6, 6.07) is 6.92. The minimum atomic E-state index is -3.90. The number of alkyl halides is 1. The Hall–Kier alpha value is -2.26. The second-order valence-corrected chi connectivity index (χ2v) is 8.17. The summed E-state index contributed by atoms with van der Waals surface area (Å²) in [6.45, 7) is 1.19. The number of phosphoric ester groups is 1. The van der Waals surface area contributed by atoms with Crippen molar-refractivity contribution in [3.05, 3.63) is 62.4 Å². The molecule has 1 saturated heterocycles. The fourth-order valence-corrected chi connectivity index (χ4v) is 4.27. The zero-order chi connectivity index (χ0) is 19.9. The number of halogens is 1. The van der Waals surface area contributed by atoms with Crippen molar-refractivity contribution in [2.24, 2.45) is 0 Å². The molecule has 0 amide bonds. The van der Waals surface area contributed by atoms with Gasteiger partial charge in [-0.1, -0.05) is 18.2 Å². The Morgan fingerprint density at radius 3 is 2.96 bits per heavy atom. The highest BCUT2D eigenvalue weighted by Crippen LogP contribution is 2.54. The van der Waals surface area contributed by atoms with Crippen LogP contribution in [-0.2, 0) is 25.0 Å². The molecule has 0 radical (unpaired) electrons. The Morgan fingerprint density at radius 1 is 1.36 bits per heavy atom. The zero-order valence-electron chi connectivity index (χ0n) is 14.9. The lowest BCUT2D eigenvalue weighted by Crippen LogP contribution is -2.33. The summed E-state index contributed by atoms with van der Waals surface area (Å²) < 4.78 is 49.4. The van der Waals surface area contributed by atoms with Gasteiger partial charge < -0.3 is 9.26 Å². The molecule has 1 unspecified atom stereocenters. The number of hydrogen-bond donors (Lipinski definition) is 1. The van der Waals surface area contributed by atoms with Crippen LogP contribution in [0.15, 0.2) is 40.1 Å². The van der Waals surface area contributed by atoms with Crippen LogP contribution in [0.4, 0.5) is 4.39 Å². The van der Waals surface area contributed by atoms with Gasteiger partial charge in [-0.3, -0.25) is 23.4 Å². The number of hydrogen-bond acceptors (Lipinski definition) is 7. The van der Waals surface area contributed by atoms with Crippen LogP contribution in [0.5, 0.6) is 5.75 Å². The molecule has 11 heteroatoms. The topological polar surface area (TPSA) is 109 Å². The van der Waals surface area contributed by atoms with E-state index in [9.17, 15) is 18.5 Å². The second-order valence-electron chi connectivity index (χ2n) is 6.57. The first-order valence-corrected chi connectivity index (χ1v) is 10.1. The molecule has 2 aliphatic heterocycles. The van der Waals surface area contributed by atoms with Crippen molar-refractivity contribution >= 4 is 7.82 Å². The number of aromatic nitrogens is 2. The summed E-state index contributed by atoms with van der Waals surface area (Å²) in [5, 5.41) is 0. The molecule has 0 bridgehead atoms. The van der Waals surface area contributed by atoms with Gasteiger partial charge in [-0.15, -0.1) is 0 Å². The first-order valence-electron chi connectivity index (χ1n) is 8.63. The third-order valence-corrected chi connectivity index (χ3v) is 5.91. The van der Waals surface area contributed by atoms with Crippen LogP contribution < -0.4 is 15.8 Å². The zero-order valence-corrected chi connectivity index (χ0v) is 15.8. The van der Waals surface area contributed by atoms with E-state index in [1.807, 2.05) is 0 Å². The van der Waals surface area contributed by atoms with Crippen molar-refractivity contribution in [3.8, 4) is 5.75 Å². The number of H-pyrrole nitrogens is 1. The Bertz CT molecular complexity index is 1050. The van der Waals surface area contributed by atoms with E-state index < -0.39 is 37.6 Å². The molecule has 0 aliphatic carbocycles. The Balaban J connectivity index is 1.43. The third-order valence-electron chi connectivity index (χ3n) is 4.58. The average molecular weight is 411 g/mol. The number of para-hydroxylation sites is 1. The molecular formula is C17H18FN2O7P. The van der Waals surface area contributed by atoms with Crippen molar-refractivity contribution in [2.75, 3.05) is 6.61 Å². The van der Waals surface area contributed by atoms with Gasteiger partial charge in [0, 0.05) is 23.7 Å². The maximum atomic E-state index is 14.4. The highest BCUT2D eigenvalue weighted by Gasteiger charge is 2.41. The molecule has 3 heterocycles. The molecule has 2 aromatic rings. The van der Waals surface area contributed by atoms with Crippen molar-refractivity contribution in [3.63, 3.8) is 0 Å². The number of nitrogens with one attached hydrogen (secondary N) is 1. The van der Waals surface area contributed by atoms with Gasteiger partial charge in [-0.05, 0) is 13.0 Å². The molecule has 2 aliphatic rings. The van der Waals surface area contributed by atoms with E-state index in [1.165, 1.54) is 13.1 Å². The van der Waals surface area contributed by atoms with Crippen molar-refractivity contribution in [1.82, 2.24) is 9.55 Å². The lowest BCUT2D eigenvalue weighted by Gasteiger charge is -2.25. The fraction of sp³-hybridized carbons (Fsp3) is 0.412. The molecular weight excluding hydrogens is 393 g/mol. The number of ether oxygens (including phenoxy) is 1. The van der Waals surface area contributed by atoms with E-state index in [4.69, 9.17) is 18.3 Å². The molecule has 9 nitrogen and oxygen atoms in total. The molecule has 0 spiro atoms. The lowest BCUT2D eigenvalue weighted by atomic mass is 10.2. The lowest BCUT2D eigenvalue weighted by molar-refractivity contribution is -0.0370. The first kappa shape index (κ1) is 19.1. The minimum absolute atomic E-state index is 0.0483. The van der Waals surface area contributed by atoms with Gasteiger partial charge in [0.2, 0.25) is 0 Å². The van der Waals surface area contributed by atoms with Crippen molar-refractivity contribution in [1.29, 1.82) is 0 Å². The van der Waals surface area contributed by atoms with Gasteiger partial charge in [0.1, 0.15) is 24.3 Å².